The van der Waals surface area contributed by atoms with Crippen LogP contribution in [0, 0.1) is 0 Å². The van der Waals surface area contributed by atoms with Crippen molar-refractivity contribution in [1.82, 2.24) is 14.8 Å². The molecule has 164 valence electrons. The normalized spacial score (nSPS) is 16.2. The second-order valence-corrected chi connectivity index (χ2v) is 9.78. The lowest BCUT2D eigenvalue weighted by Crippen LogP contribution is -2.29. The van der Waals surface area contributed by atoms with E-state index < -0.39 is 0 Å². The van der Waals surface area contributed by atoms with Gasteiger partial charge in [-0.3, -0.25) is 9.59 Å². The summed E-state index contributed by atoms with van der Waals surface area (Å²) in [6.07, 6.45) is 4.15. The maximum absolute atomic E-state index is 13.0. The number of para-hydroxylation sites is 1. The topological polar surface area (TPSA) is 56.4 Å². The van der Waals surface area contributed by atoms with Crippen molar-refractivity contribution in [1.29, 1.82) is 0 Å². The Hall–Kier alpha value is -3.12. The van der Waals surface area contributed by atoms with Crippen LogP contribution in [0.15, 0.2) is 54.7 Å². The lowest BCUT2D eigenvalue weighted by Gasteiger charge is -2.18. The molecule has 0 unspecified atom stereocenters. The molecule has 1 aliphatic rings. The minimum atomic E-state index is 0.0466. The molecule has 0 aliphatic carbocycles. The summed E-state index contributed by atoms with van der Waals surface area (Å²) in [5, 5.41) is 2.34. The van der Waals surface area contributed by atoms with E-state index >= 15 is 0 Å². The number of aryl methyl sites for hydroxylation is 1. The van der Waals surface area contributed by atoms with Gasteiger partial charge in [0.1, 0.15) is 0 Å². The van der Waals surface area contributed by atoms with Gasteiger partial charge in [-0.05, 0) is 41.5 Å². The Bertz CT molecular complexity index is 1300. The van der Waals surface area contributed by atoms with Crippen LogP contribution in [0.3, 0.4) is 0 Å². The number of likely N-dealkylation sites (tertiary alicyclic amines) is 1. The number of carbonyl (C=O) groups is 2. The summed E-state index contributed by atoms with van der Waals surface area (Å²) in [6, 6.07) is 16.4. The number of hydrogen-bond donors (Lipinski definition) is 1. The molecular weight excluding hydrogens is 418 g/mol. The van der Waals surface area contributed by atoms with Gasteiger partial charge in [0.2, 0.25) is 5.91 Å². The smallest absolute Gasteiger partial charge is 0.263 e. The SMILES string of the molecule is CN(C)C(=O)c1sc2ccccc2c1[C@H]1CCN(C(=O)CCc2c[nH]c3ccccc23)C1. The van der Waals surface area contributed by atoms with Crippen LogP contribution in [0.4, 0.5) is 0 Å². The first-order chi connectivity index (χ1) is 15.5. The Morgan fingerprint density at radius 3 is 2.66 bits per heavy atom. The molecule has 5 rings (SSSR count). The number of aromatic nitrogens is 1. The molecule has 1 N–H and O–H groups in total. The molecule has 2 aromatic carbocycles. The highest BCUT2D eigenvalue weighted by atomic mass is 32.1. The zero-order chi connectivity index (χ0) is 22.2. The van der Waals surface area contributed by atoms with E-state index in [-0.39, 0.29) is 17.7 Å². The van der Waals surface area contributed by atoms with Crippen LogP contribution in [0.2, 0.25) is 0 Å². The summed E-state index contributed by atoms with van der Waals surface area (Å²) in [4.78, 5) is 33.7. The van der Waals surface area contributed by atoms with Gasteiger partial charge in [-0.2, -0.15) is 0 Å². The number of thiophene rings is 1. The van der Waals surface area contributed by atoms with Crippen molar-refractivity contribution in [2.45, 2.75) is 25.2 Å². The predicted molar refractivity (Wildman–Crippen MR) is 130 cm³/mol. The van der Waals surface area contributed by atoms with E-state index in [1.807, 2.05) is 35.4 Å². The number of amides is 2. The molecule has 0 bridgehead atoms. The molecule has 5 nitrogen and oxygen atoms in total. The van der Waals surface area contributed by atoms with Gasteiger partial charge in [0.15, 0.2) is 0 Å². The number of H-pyrrole nitrogens is 1. The van der Waals surface area contributed by atoms with E-state index in [0.717, 1.165) is 45.4 Å². The molecule has 4 aromatic rings. The third-order valence-corrected chi connectivity index (χ3v) is 7.64. The summed E-state index contributed by atoms with van der Waals surface area (Å²) < 4.78 is 1.14. The zero-order valence-electron chi connectivity index (χ0n) is 18.4. The fraction of sp³-hybridized carbons (Fsp3) is 0.308. The van der Waals surface area contributed by atoms with E-state index in [1.165, 1.54) is 10.9 Å². The molecular formula is C26H27N3O2S. The van der Waals surface area contributed by atoms with Gasteiger partial charge >= 0.3 is 0 Å². The molecule has 0 saturated carbocycles. The molecule has 0 radical (unpaired) electrons. The van der Waals surface area contributed by atoms with Crippen LogP contribution in [-0.4, -0.2) is 53.8 Å². The fourth-order valence-electron chi connectivity index (χ4n) is 4.79. The fourth-order valence-corrected chi connectivity index (χ4v) is 6.10. The third-order valence-electron chi connectivity index (χ3n) is 6.47. The lowest BCUT2D eigenvalue weighted by atomic mass is 9.95. The first-order valence-electron chi connectivity index (χ1n) is 11.1. The Morgan fingerprint density at radius 2 is 1.84 bits per heavy atom. The number of hydrogen-bond acceptors (Lipinski definition) is 3. The lowest BCUT2D eigenvalue weighted by molar-refractivity contribution is -0.130. The van der Waals surface area contributed by atoms with Gasteiger partial charge in [-0.1, -0.05) is 36.4 Å². The van der Waals surface area contributed by atoms with E-state index in [2.05, 4.69) is 29.2 Å². The first kappa shape index (κ1) is 20.8. The van der Waals surface area contributed by atoms with E-state index in [9.17, 15) is 9.59 Å². The highest BCUT2D eigenvalue weighted by Gasteiger charge is 2.32. The van der Waals surface area contributed by atoms with Crippen molar-refractivity contribution in [2.24, 2.45) is 0 Å². The maximum atomic E-state index is 13.0. The van der Waals surface area contributed by atoms with E-state index in [0.29, 0.717) is 13.0 Å². The van der Waals surface area contributed by atoms with Crippen LogP contribution < -0.4 is 0 Å². The van der Waals surface area contributed by atoms with Crippen LogP contribution >= 0.6 is 11.3 Å². The Morgan fingerprint density at radius 1 is 1.09 bits per heavy atom. The van der Waals surface area contributed by atoms with Gasteiger partial charge < -0.3 is 14.8 Å². The van der Waals surface area contributed by atoms with Crippen molar-refractivity contribution in [3.05, 3.63) is 70.7 Å². The molecule has 2 aromatic heterocycles. The maximum Gasteiger partial charge on any atom is 0.263 e. The number of fused-ring (bicyclic) bond motifs is 2. The number of benzene rings is 2. The Labute approximate surface area is 191 Å². The number of carbonyl (C=O) groups excluding carboxylic acids is 2. The van der Waals surface area contributed by atoms with Gasteiger partial charge in [0, 0.05) is 61.3 Å². The minimum absolute atomic E-state index is 0.0466. The summed E-state index contributed by atoms with van der Waals surface area (Å²) in [5.74, 6) is 0.435. The molecule has 0 spiro atoms. The van der Waals surface area contributed by atoms with Crippen LogP contribution in [0.5, 0.6) is 0 Å². The van der Waals surface area contributed by atoms with Crippen molar-refractivity contribution in [2.75, 3.05) is 27.2 Å². The third kappa shape index (κ3) is 3.69. The van der Waals surface area contributed by atoms with Gasteiger partial charge in [0.25, 0.3) is 5.91 Å². The zero-order valence-corrected chi connectivity index (χ0v) is 19.2. The first-order valence-corrected chi connectivity index (χ1v) is 11.9. The second kappa shape index (κ2) is 8.43. The average molecular weight is 446 g/mol. The summed E-state index contributed by atoms with van der Waals surface area (Å²) >= 11 is 1.57. The summed E-state index contributed by atoms with van der Waals surface area (Å²) in [6.45, 7) is 1.43. The second-order valence-electron chi connectivity index (χ2n) is 8.73. The highest BCUT2D eigenvalue weighted by Crippen LogP contribution is 2.40. The molecule has 6 heteroatoms. The predicted octanol–water partition coefficient (Wildman–Crippen LogP) is 5.03. The Balaban J connectivity index is 1.33. The van der Waals surface area contributed by atoms with E-state index in [4.69, 9.17) is 0 Å². The van der Waals surface area contributed by atoms with Crippen LogP contribution in [0.25, 0.3) is 21.0 Å². The number of rotatable bonds is 5. The molecule has 3 heterocycles. The van der Waals surface area contributed by atoms with Gasteiger partial charge in [-0.15, -0.1) is 11.3 Å². The molecule has 1 aliphatic heterocycles. The van der Waals surface area contributed by atoms with Crippen molar-refractivity contribution >= 4 is 44.1 Å². The monoisotopic (exact) mass is 445 g/mol. The largest absolute Gasteiger partial charge is 0.361 e. The van der Waals surface area contributed by atoms with Gasteiger partial charge in [-0.25, -0.2) is 0 Å². The number of aromatic amines is 1. The average Bonchev–Trinajstić information content (AvgIpc) is 3.53. The van der Waals surface area contributed by atoms with E-state index in [1.54, 1.807) is 30.3 Å². The molecule has 2 amide bonds. The van der Waals surface area contributed by atoms with Crippen LogP contribution in [-0.2, 0) is 11.2 Å². The number of nitrogens with zero attached hydrogens (tertiary/aromatic N) is 2. The highest BCUT2D eigenvalue weighted by molar-refractivity contribution is 7.21. The minimum Gasteiger partial charge on any atom is -0.361 e. The van der Waals surface area contributed by atoms with Crippen molar-refractivity contribution in [3.63, 3.8) is 0 Å². The Kier molecular flexibility index (Phi) is 5.47. The number of nitrogens with one attached hydrogen (secondary N) is 1. The van der Waals surface area contributed by atoms with Crippen molar-refractivity contribution < 1.29 is 9.59 Å². The molecule has 1 saturated heterocycles. The van der Waals surface area contributed by atoms with Crippen molar-refractivity contribution in [3.8, 4) is 0 Å². The summed E-state index contributed by atoms with van der Waals surface area (Å²) in [7, 11) is 3.59. The molecule has 32 heavy (non-hydrogen) atoms. The van der Waals surface area contributed by atoms with Gasteiger partial charge in [0.05, 0.1) is 4.88 Å². The van der Waals surface area contributed by atoms with Crippen LogP contribution in [0.1, 0.15) is 39.6 Å². The molecule has 1 atom stereocenters. The molecule has 1 fully saturated rings. The standard InChI is InChI=1S/C26H27N3O2S/c1-28(2)26(31)25-24(20-8-4-6-10-22(20)32-25)18-13-14-29(16-18)23(30)12-11-17-15-27-21-9-5-3-7-19(17)21/h3-10,15,18,27H,11-14,16H2,1-2H3/t18-/m0/s1. The quantitative estimate of drug-likeness (QED) is 0.468. The summed E-state index contributed by atoms with van der Waals surface area (Å²) in [5.41, 5.74) is 3.42.